The minimum Gasteiger partial charge on any atom is -0.480 e. The van der Waals surface area contributed by atoms with Crippen LogP contribution in [-0.2, 0) is 21.4 Å². The lowest BCUT2D eigenvalue weighted by atomic mass is 10.0. The van der Waals surface area contributed by atoms with E-state index >= 15 is 0 Å². The van der Waals surface area contributed by atoms with Gasteiger partial charge in [-0.05, 0) is 19.3 Å². The van der Waals surface area contributed by atoms with Crippen LogP contribution in [0.15, 0.2) is 17.3 Å². The Hall–Kier alpha value is -1.45. The van der Waals surface area contributed by atoms with E-state index in [4.69, 9.17) is 5.11 Å². The van der Waals surface area contributed by atoms with Crippen molar-refractivity contribution in [1.82, 2.24) is 14.1 Å². The van der Waals surface area contributed by atoms with Crippen molar-refractivity contribution in [3.8, 4) is 0 Å². The maximum absolute atomic E-state index is 12.3. The van der Waals surface area contributed by atoms with E-state index in [1.807, 2.05) is 0 Å². The van der Waals surface area contributed by atoms with Gasteiger partial charge < -0.3 is 10.2 Å². The molecule has 8 nitrogen and oxygen atoms in total. The number of carbonyl (C=O) groups is 1. The molecule has 0 saturated carbocycles. The molecular weight excluding hydrogens is 286 g/mol. The van der Waals surface area contributed by atoms with E-state index in [-0.39, 0.29) is 23.9 Å². The van der Waals surface area contributed by atoms with E-state index < -0.39 is 22.1 Å². The zero-order valence-corrected chi connectivity index (χ0v) is 11.8. The Morgan fingerprint density at radius 1 is 1.60 bits per heavy atom. The van der Waals surface area contributed by atoms with Crippen LogP contribution in [0.5, 0.6) is 0 Å². The smallest absolute Gasteiger partial charge is 0.325 e. The molecule has 0 amide bonds. The minimum absolute atomic E-state index is 0.0232. The first-order chi connectivity index (χ1) is 9.30. The van der Waals surface area contributed by atoms with Gasteiger partial charge in [-0.2, -0.15) is 9.40 Å². The fourth-order valence-electron chi connectivity index (χ4n) is 2.22. The van der Waals surface area contributed by atoms with Gasteiger partial charge in [-0.15, -0.1) is 0 Å². The largest absolute Gasteiger partial charge is 0.480 e. The van der Waals surface area contributed by atoms with E-state index in [9.17, 15) is 18.3 Å². The normalized spacial score (nSPS) is 22.0. The summed E-state index contributed by atoms with van der Waals surface area (Å²) in [7, 11) is -3.67. The van der Waals surface area contributed by atoms with Crippen LogP contribution in [0, 0.1) is 5.92 Å². The SMILES string of the molecule is CC(O)C1CCN(S(=O)(=O)c2cnn(CC(=O)O)c2)C1. The highest BCUT2D eigenvalue weighted by atomic mass is 32.2. The molecule has 2 N–H and O–H groups in total. The monoisotopic (exact) mass is 303 g/mol. The zero-order valence-electron chi connectivity index (χ0n) is 11.0. The number of nitrogens with zero attached hydrogens (tertiary/aromatic N) is 3. The number of aliphatic hydroxyl groups excluding tert-OH is 1. The van der Waals surface area contributed by atoms with Gasteiger partial charge in [-0.25, -0.2) is 8.42 Å². The summed E-state index contributed by atoms with van der Waals surface area (Å²) in [6, 6.07) is 0. The van der Waals surface area contributed by atoms with Crippen LogP contribution < -0.4 is 0 Å². The van der Waals surface area contributed by atoms with Crippen LogP contribution in [0.3, 0.4) is 0 Å². The second-order valence-corrected chi connectivity index (χ2v) is 6.86. The number of aliphatic hydroxyl groups is 1. The summed E-state index contributed by atoms with van der Waals surface area (Å²) in [4.78, 5) is 10.5. The lowest BCUT2D eigenvalue weighted by molar-refractivity contribution is -0.137. The first-order valence-corrected chi connectivity index (χ1v) is 7.67. The molecule has 20 heavy (non-hydrogen) atoms. The van der Waals surface area contributed by atoms with E-state index in [0.29, 0.717) is 13.0 Å². The number of carboxylic acids is 1. The van der Waals surface area contributed by atoms with Gasteiger partial charge in [0.15, 0.2) is 0 Å². The summed E-state index contributed by atoms with van der Waals surface area (Å²) in [5.74, 6) is -1.16. The number of rotatable bonds is 5. The van der Waals surface area contributed by atoms with Gasteiger partial charge in [0.25, 0.3) is 0 Å². The Morgan fingerprint density at radius 2 is 2.30 bits per heavy atom. The Bertz CT molecular complexity index is 595. The predicted molar refractivity (Wildman–Crippen MR) is 68.4 cm³/mol. The molecule has 1 aliphatic rings. The molecule has 2 atom stereocenters. The van der Waals surface area contributed by atoms with Crippen molar-refractivity contribution in [2.24, 2.45) is 5.92 Å². The van der Waals surface area contributed by atoms with Crippen LogP contribution >= 0.6 is 0 Å². The summed E-state index contributed by atoms with van der Waals surface area (Å²) < 4.78 is 27.1. The molecule has 1 aliphatic heterocycles. The molecule has 1 aromatic heterocycles. The van der Waals surface area contributed by atoms with Gasteiger partial charge in [0, 0.05) is 19.3 Å². The van der Waals surface area contributed by atoms with Crippen LogP contribution in [0.1, 0.15) is 13.3 Å². The molecule has 0 bridgehead atoms. The maximum atomic E-state index is 12.3. The Labute approximate surface area is 116 Å². The van der Waals surface area contributed by atoms with Gasteiger partial charge in [-0.1, -0.05) is 0 Å². The minimum atomic E-state index is -3.67. The summed E-state index contributed by atoms with van der Waals surface area (Å²) in [6.07, 6.45) is 2.41. The molecular formula is C11H17N3O5S. The van der Waals surface area contributed by atoms with E-state index in [1.54, 1.807) is 6.92 Å². The number of aromatic nitrogens is 2. The van der Waals surface area contributed by atoms with Gasteiger partial charge in [-0.3, -0.25) is 9.48 Å². The average molecular weight is 303 g/mol. The molecule has 2 unspecified atom stereocenters. The standard InChI is InChI=1S/C11H17N3O5S/c1-8(15)9-2-3-14(5-9)20(18,19)10-4-12-13(6-10)7-11(16)17/h4,6,8-9,15H,2-3,5,7H2,1H3,(H,16,17). The van der Waals surface area contributed by atoms with Crippen LogP contribution in [0.2, 0.25) is 0 Å². The lowest BCUT2D eigenvalue weighted by Gasteiger charge is -2.16. The number of aliphatic carboxylic acids is 1. The van der Waals surface area contributed by atoms with Crippen molar-refractivity contribution < 1.29 is 23.4 Å². The zero-order chi connectivity index (χ0) is 14.9. The predicted octanol–water partition coefficient (Wildman–Crippen LogP) is -0.641. The van der Waals surface area contributed by atoms with Crippen molar-refractivity contribution in [2.75, 3.05) is 13.1 Å². The van der Waals surface area contributed by atoms with Gasteiger partial charge in [0.1, 0.15) is 11.4 Å². The van der Waals surface area contributed by atoms with E-state index in [1.165, 1.54) is 10.5 Å². The summed E-state index contributed by atoms with van der Waals surface area (Å²) in [6.45, 7) is 1.88. The number of carboxylic acid groups (broad SMARTS) is 1. The molecule has 0 aliphatic carbocycles. The van der Waals surface area contributed by atoms with Gasteiger partial charge >= 0.3 is 5.97 Å². The summed E-state index contributed by atoms with van der Waals surface area (Å²) in [5, 5.41) is 21.9. The highest BCUT2D eigenvalue weighted by Crippen LogP contribution is 2.25. The fraction of sp³-hybridized carbons (Fsp3) is 0.636. The van der Waals surface area contributed by atoms with Crippen molar-refractivity contribution in [3.05, 3.63) is 12.4 Å². The van der Waals surface area contributed by atoms with Crippen molar-refractivity contribution in [1.29, 1.82) is 0 Å². The van der Waals surface area contributed by atoms with Crippen molar-refractivity contribution in [3.63, 3.8) is 0 Å². The molecule has 9 heteroatoms. The summed E-state index contributed by atoms with van der Waals surface area (Å²) in [5.41, 5.74) is 0. The lowest BCUT2D eigenvalue weighted by Crippen LogP contribution is -2.30. The first-order valence-electron chi connectivity index (χ1n) is 6.23. The second kappa shape index (κ2) is 5.51. The third kappa shape index (κ3) is 3.00. The van der Waals surface area contributed by atoms with Crippen molar-refractivity contribution in [2.45, 2.75) is 30.9 Å². The topological polar surface area (TPSA) is 113 Å². The van der Waals surface area contributed by atoms with E-state index in [0.717, 1.165) is 10.9 Å². The first kappa shape index (κ1) is 14.9. The highest BCUT2D eigenvalue weighted by Gasteiger charge is 2.35. The Kier molecular flexibility index (Phi) is 4.11. The van der Waals surface area contributed by atoms with E-state index in [2.05, 4.69) is 5.10 Å². The fourth-order valence-corrected chi connectivity index (χ4v) is 3.68. The van der Waals surface area contributed by atoms with Crippen LogP contribution in [-0.4, -0.2) is 57.9 Å². The van der Waals surface area contributed by atoms with Crippen molar-refractivity contribution >= 4 is 16.0 Å². The molecule has 112 valence electrons. The second-order valence-electron chi connectivity index (χ2n) is 4.92. The van der Waals surface area contributed by atoms with Crippen LogP contribution in [0.4, 0.5) is 0 Å². The van der Waals surface area contributed by atoms with Gasteiger partial charge in [0.05, 0.1) is 12.3 Å². The molecule has 1 aromatic rings. The van der Waals surface area contributed by atoms with Gasteiger partial charge in [0.2, 0.25) is 10.0 Å². The average Bonchev–Trinajstić information content (AvgIpc) is 2.95. The number of hydrogen-bond donors (Lipinski definition) is 2. The third-order valence-corrected chi connectivity index (χ3v) is 5.23. The Balaban J connectivity index is 2.15. The highest BCUT2D eigenvalue weighted by molar-refractivity contribution is 7.89. The molecule has 1 fully saturated rings. The molecule has 1 saturated heterocycles. The third-order valence-electron chi connectivity index (χ3n) is 3.41. The number of sulfonamides is 1. The molecule has 0 aromatic carbocycles. The molecule has 2 rings (SSSR count). The number of hydrogen-bond acceptors (Lipinski definition) is 5. The van der Waals surface area contributed by atoms with Crippen LogP contribution in [0.25, 0.3) is 0 Å². The summed E-state index contributed by atoms with van der Waals surface area (Å²) >= 11 is 0. The molecule has 0 spiro atoms. The molecule has 2 heterocycles. The quantitative estimate of drug-likeness (QED) is 0.748. The Morgan fingerprint density at radius 3 is 2.85 bits per heavy atom. The maximum Gasteiger partial charge on any atom is 0.325 e. The molecule has 0 radical (unpaired) electrons.